The maximum Gasteiger partial charge on any atom is 0.191 e. The highest BCUT2D eigenvalue weighted by Crippen LogP contribution is 2.25. The van der Waals surface area contributed by atoms with Crippen LogP contribution in [0.2, 0.25) is 0 Å². The highest BCUT2D eigenvalue weighted by molar-refractivity contribution is 7.39. The van der Waals surface area contributed by atoms with E-state index >= 15 is 0 Å². The third-order valence-electron chi connectivity index (χ3n) is 3.35. The van der Waals surface area contributed by atoms with Crippen LogP contribution in [-0.4, -0.2) is 12.8 Å². The monoisotopic (exact) mass is 290 g/mol. The van der Waals surface area contributed by atoms with Crippen molar-refractivity contribution < 1.29 is 9.09 Å². The molecule has 0 aliphatic rings. The Morgan fingerprint density at radius 1 is 0.789 bits per heavy atom. The van der Waals surface area contributed by atoms with Gasteiger partial charge in [-0.1, -0.05) is 66.2 Å². The molecule has 0 fully saturated rings. The van der Waals surface area contributed by atoms with E-state index in [9.17, 15) is 4.57 Å². The number of rotatable bonds is 13. The molecule has 0 aliphatic carbocycles. The lowest BCUT2D eigenvalue weighted by Crippen LogP contribution is -1.92. The normalized spacial score (nSPS) is 13.4. The Morgan fingerprint density at radius 3 is 1.84 bits per heavy atom. The van der Waals surface area contributed by atoms with E-state index in [1.165, 1.54) is 38.5 Å². The first kappa shape index (κ1) is 19.2. The van der Waals surface area contributed by atoms with Crippen LogP contribution in [0.1, 0.15) is 79.1 Å². The molecule has 0 heterocycles. The fraction of sp³-hybridized carbons (Fsp3) is 1.00. The van der Waals surface area contributed by atoms with Crippen molar-refractivity contribution in [2.45, 2.75) is 79.1 Å². The maximum atomic E-state index is 11.6. The zero-order valence-corrected chi connectivity index (χ0v) is 14.5. The van der Waals surface area contributed by atoms with Crippen LogP contribution in [0.5, 0.6) is 0 Å². The highest BCUT2D eigenvalue weighted by atomic mass is 31.1. The molecule has 0 aromatic rings. The summed E-state index contributed by atoms with van der Waals surface area (Å²) in [5.41, 5.74) is 0. The van der Waals surface area contributed by atoms with E-state index in [1.807, 2.05) is 0 Å². The van der Waals surface area contributed by atoms with Crippen LogP contribution in [0.25, 0.3) is 0 Å². The fourth-order valence-corrected chi connectivity index (χ4v) is 3.14. The largest absolute Gasteiger partial charge is 0.330 e. The van der Waals surface area contributed by atoms with Gasteiger partial charge in [0.1, 0.15) is 0 Å². The first-order valence-corrected chi connectivity index (χ1v) is 9.70. The first-order valence-electron chi connectivity index (χ1n) is 8.18. The third kappa shape index (κ3) is 16.1. The molecule has 0 amide bonds. The van der Waals surface area contributed by atoms with E-state index in [1.54, 1.807) is 0 Å². The molecule has 0 rings (SSSR count). The Labute approximate surface area is 121 Å². The summed E-state index contributed by atoms with van der Waals surface area (Å²) in [5.74, 6) is 1.59. The second-order valence-electron chi connectivity index (χ2n) is 6.46. The third-order valence-corrected chi connectivity index (χ3v) is 4.64. The Bertz CT molecular complexity index is 215. The second kappa shape index (κ2) is 13.2. The van der Waals surface area contributed by atoms with Crippen LogP contribution in [0.4, 0.5) is 0 Å². The molecule has 0 N–H and O–H groups in total. The Balaban J connectivity index is 3.21. The number of hydrogen-bond donors (Lipinski definition) is 0. The zero-order chi connectivity index (χ0) is 14.5. The van der Waals surface area contributed by atoms with Gasteiger partial charge in [-0.2, -0.15) is 0 Å². The molecule has 1 unspecified atom stereocenters. The minimum absolute atomic E-state index is 0.696. The Hall–Kier alpha value is 0.190. The Morgan fingerprint density at radius 2 is 1.32 bits per heavy atom. The standard InChI is InChI=1S/C16H35O2P/c1-15(2)11-7-5-9-13-18-19(17)14-10-6-8-12-16(3)4/h15-16,19H,5-14H2,1-4H3. The van der Waals surface area contributed by atoms with Gasteiger partial charge in [-0.25, -0.2) is 0 Å². The van der Waals surface area contributed by atoms with E-state index in [0.717, 1.165) is 30.8 Å². The molecule has 0 bridgehead atoms. The maximum absolute atomic E-state index is 11.6. The SMILES string of the molecule is CC(C)CCCCCO[PH](=O)CCCCCC(C)C. The predicted octanol–water partition coefficient (Wildman–Crippen LogP) is 5.91. The Kier molecular flexibility index (Phi) is 13.3. The van der Waals surface area contributed by atoms with E-state index < -0.39 is 8.03 Å². The van der Waals surface area contributed by atoms with Gasteiger partial charge in [0, 0.05) is 6.16 Å². The molecule has 0 radical (unpaired) electrons. The lowest BCUT2D eigenvalue weighted by atomic mass is 10.1. The van der Waals surface area contributed by atoms with E-state index in [0.29, 0.717) is 6.61 Å². The van der Waals surface area contributed by atoms with E-state index in [4.69, 9.17) is 4.52 Å². The van der Waals surface area contributed by atoms with Crippen molar-refractivity contribution in [3.05, 3.63) is 0 Å². The highest BCUT2D eigenvalue weighted by Gasteiger charge is 2.01. The summed E-state index contributed by atoms with van der Waals surface area (Å²) in [6.07, 6.45) is 10.5. The number of hydrogen-bond acceptors (Lipinski definition) is 2. The summed E-state index contributed by atoms with van der Waals surface area (Å²) < 4.78 is 17.1. The summed E-state index contributed by atoms with van der Waals surface area (Å²) in [6.45, 7) is 9.72. The zero-order valence-electron chi connectivity index (χ0n) is 13.5. The van der Waals surface area contributed by atoms with Crippen LogP contribution in [-0.2, 0) is 9.09 Å². The predicted molar refractivity (Wildman–Crippen MR) is 86.4 cm³/mol. The van der Waals surface area contributed by atoms with Crippen molar-refractivity contribution >= 4 is 8.03 Å². The summed E-state index contributed by atoms with van der Waals surface area (Å²) in [5, 5.41) is 0. The van der Waals surface area contributed by atoms with Gasteiger partial charge in [-0.05, 0) is 24.7 Å². The van der Waals surface area contributed by atoms with Crippen LogP contribution >= 0.6 is 8.03 Å². The fourth-order valence-electron chi connectivity index (χ4n) is 2.09. The molecule has 0 aromatic carbocycles. The molecular formula is C16H35O2P. The average Bonchev–Trinajstić information content (AvgIpc) is 2.32. The van der Waals surface area contributed by atoms with Gasteiger partial charge in [0.05, 0.1) is 6.61 Å². The van der Waals surface area contributed by atoms with Gasteiger partial charge in [-0.15, -0.1) is 0 Å². The van der Waals surface area contributed by atoms with Crippen LogP contribution in [0.15, 0.2) is 0 Å². The lowest BCUT2D eigenvalue weighted by Gasteiger charge is -2.06. The average molecular weight is 290 g/mol. The van der Waals surface area contributed by atoms with Crippen molar-refractivity contribution in [2.75, 3.05) is 12.8 Å². The van der Waals surface area contributed by atoms with Crippen molar-refractivity contribution in [3.8, 4) is 0 Å². The van der Waals surface area contributed by atoms with Crippen molar-refractivity contribution in [1.29, 1.82) is 0 Å². The van der Waals surface area contributed by atoms with E-state index in [-0.39, 0.29) is 0 Å². The molecule has 0 aliphatic heterocycles. The van der Waals surface area contributed by atoms with Crippen LogP contribution in [0, 0.1) is 11.8 Å². The lowest BCUT2D eigenvalue weighted by molar-refractivity contribution is 0.313. The van der Waals surface area contributed by atoms with Gasteiger partial charge in [0.15, 0.2) is 8.03 Å². The molecule has 116 valence electrons. The van der Waals surface area contributed by atoms with Crippen LogP contribution < -0.4 is 0 Å². The topological polar surface area (TPSA) is 26.3 Å². The summed E-state index contributed by atoms with van der Waals surface area (Å²) in [4.78, 5) is 0. The molecule has 0 aromatic heterocycles. The molecule has 3 heteroatoms. The van der Waals surface area contributed by atoms with Gasteiger partial charge in [-0.3, -0.25) is 4.57 Å². The minimum Gasteiger partial charge on any atom is -0.330 e. The molecule has 0 spiro atoms. The quantitative estimate of drug-likeness (QED) is 0.311. The van der Waals surface area contributed by atoms with Crippen molar-refractivity contribution in [3.63, 3.8) is 0 Å². The molecule has 19 heavy (non-hydrogen) atoms. The minimum atomic E-state index is -1.74. The summed E-state index contributed by atoms with van der Waals surface area (Å²) in [7, 11) is -1.74. The first-order chi connectivity index (χ1) is 9.02. The molecule has 0 saturated heterocycles. The van der Waals surface area contributed by atoms with Gasteiger partial charge >= 0.3 is 0 Å². The van der Waals surface area contributed by atoms with Crippen molar-refractivity contribution in [1.82, 2.24) is 0 Å². The number of unbranched alkanes of at least 4 members (excludes halogenated alkanes) is 4. The second-order valence-corrected chi connectivity index (χ2v) is 7.99. The summed E-state index contributed by atoms with van der Waals surface area (Å²) in [6, 6.07) is 0. The van der Waals surface area contributed by atoms with Gasteiger partial charge in [0.25, 0.3) is 0 Å². The smallest absolute Gasteiger partial charge is 0.191 e. The van der Waals surface area contributed by atoms with E-state index in [2.05, 4.69) is 27.7 Å². The molecular weight excluding hydrogens is 255 g/mol. The van der Waals surface area contributed by atoms with Crippen molar-refractivity contribution in [2.24, 2.45) is 11.8 Å². The van der Waals surface area contributed by atoms with Gasteiger partial charge < -0.3 is 4.52 Å². The van der Waals surface area contributed by atoms with Crippen LogP contribution in [0.3, 0.4) is 0 Å². The molecule has 0 saturated carbocycles. The van der Waals surface area contributed by atoms with Gasteiger partial charge in [0.2, 0.25) is 0 Å². The molecule has 2 nitrogen and oxygen atoms in total. The summed E-state index contributed by atoms with van der Waals surface area (Å²) >= 11 is 0. The molecule has 1 atom stereocenters.